The third kappa shape index (κ3) is 5.65. The summed E-state index contributed by atoms with van der Waals surface area (Å²) in [7, 11) is 0. The summed E-state index contributed by atoms with van der Waals surface area (Å²) >= 11 is 0. The summed E-state index contributed by atoms with van der Waals surface area (Å²) in [5, 5.41) is 7.87. The van der Waals surface area contributed by atoms with Crippen molar-refractivity contribution < 1.29 is 4.79 Å². The third-order valence-electron chi connectivity index (χ3n) is 7.72. The van der Waals surface area contributed by atoms with E-state index in [0.29, 0.717) is 6.54 Å². The number of hydrogen-bond acceptors (Lipinski definition) is 2. The van der Waals surface area contributed by atoms with Crippen LogP contribution in [0.4, 0.5) is 0 Å². The molecule has 1 aliphatic heterocycles. The summed E-state index contributed by atoms with van der Waals surface area (Å²) in [4.78, 5) is 13.9. The number of para-hydroxylation sites is 1. The fourth-order valence-electron chi connectivity index (χ4n) is 5.90. The molecule has 1 aliphatic rings. The molecule has 2 heterocycles. The van der Waals surface area contributed by atoms with Gasteiger partial charge in [-0.15, -0.1) is 0 Å². The van der Waals surface area contributed by atoms with Gasteiger partial charge in [0.15, 0.2) is 0 Å². The van der Waals surface area contributed by atoms with Gasteiger partial charge in [0.2, 0.25) is 0 Å². The maximum atomic E-state index is 13.9. The van der Waals surface area contributed by atoms with Gasteiger partial charge >= 0.3 is 0 Å². The molecule has 0 saturated carbocycles. The number of benzene rings is 3. The van der Waals surface area contributed by atoms with E-state index in [9.17, 15) is 4.79 Å². The molecule has 0 radical (unpaired) electrons. The van der Waals surface area contributed by atoms with Crippen molar-refractivity contribution >= 4 is 16.8 Å². The van der Waals surface area contributed by atoms with Crippen molar-refractivity contribution in [3.63, 3.8) is 0 Å². The Morgan fingerprint density at radius 3 is 2.27 bits per heavy atom. The van der Waals surface area contributed by atoms with Gasteiger partial charge in [0, 0.05) is 35.5 Å². The van der Waals surface area contributed by atoms with Gasteiger partial charge in [-0.05, 0) is 61.9 Å². The predicted octanol–water partition coefficient (Wildman–Crippen LogP) is 6.74. The molecular formula is C33H39N3O. The lowest BCUT2D eigenvalue weighted by molar-refractivity contribution is 0.0943. The molecular weight excluding hydrogens is 454 g/mol. The second kappa shape index (κ2) is 12.2. The molecule has 4 aromatic rings. The van der Waals surface area contributed by atoms with Crippen LogP contribution < -0.4 is 10.6 Å². The Hall–Kier alpha value is -3.37. The van der Waals surface area contributed by atoms with Crippen LogP contribution in [0, 0.1) is 5.92 Å². The Morgan fingerprint density at radius 1 is 0.946 bits per heavy atom. The van der Waals surface area contributed by atoms with Gasteiger partial charge in [-0.3, -0.25) is 4.79 Å². The maximum absolute atomic E-state index is 13.9. The Kier molecular flexibility index (Phi) is 8.37. The number of aryl methyl sites for hydroxylation is 1. The third-order valence-corrected chi connectivity index (χ3v) is 7.72. The summed E-state index contributed by atoms with van der Waals surface area (Å²) in [5.41, 5.74) is 5.49. The minimum atomic E-state index is -0.0273. The van der Waals surface area contributed by atoms with Crippen molar-refractivity contribution in [3.8, 4) is 0 Å². The molecule has 1 atom stereocenters. The van der Waals surface area contributed by atoms with Crippen molar-refractivity contribution in [1.29, 1.82) is 0 Å². The number of fused-ring (bicyclic) bond motifs is 1. The van der Waals surface area contributed by atoms with Crippen LogP contribution in [0.1, 0.15) is 72.1 Å². The highest BCUT2D eigenvalue weighted by Gasteiger charge is 2.29. The van der Waals surface area contributed by atoms with E-state index >= 15 is 0 Å². The Balaban J connectivity index is 1.62. The highest BCUT2D eigenvalue weighted by atomic mass is 16.1. The van der Waals surface area contributed by atoms with Crippen LogP contribution in [0.5, 0.6) is 0 Å². The number of carbonyl (C=O) groups is 1. The first kappa shape index (κ1) is 25.3. The molecule has 1 amide bonds. The molecule has 0 aliphatic carbocycles. The van der Waals surface area contributed by atoms with E-state index in [2.05, 4.69) is 107 Å². The Bertz CT molecular complexity index is 1250. The number of carbonyl (C=O) groups excluding carboxylic acids is 1. The highest BCUT2D eigenvalue weighted by Crippen LogP contribution is 2.40. The Labute approximate surface area is 221 Å². The number of nitrogens with one attached hydrogen (secondary N) is 2. The number of rotatable bonds is 11. The van der Waals surface area contributed by atoms with E-state index in [1.165, 1.54) is 35.8 Å². The summed E-state index contributed by atoms with van der Waals surface area (Å²) < 4.78 is 2.31. The zero-order valence-corrected chi connectivity index (χ0v) is 22.0. The molecule has 4 heteroatoms. The predicted molar refractivity (Wildman–Crippen MR) is 153 cm³/mol. The standard InChI is InChI=1S/C33H39N3O/c1-2-21-35-33(37)32-31(30(26-14-5-3-6-15-26)27-16-7-4-8-17-27)28-18-9-10-19-29(28)36(32)23-12-11-13-25-20-22-34-24-25/h3-10,14-19,25,30,34H,2,11-13,20-24H2,1H3,(H,35,37). The van der Waals surface area contributed by atoms with E-state index in [1.807, 2.05) is 0 Å². The summed E-state index contributed by atoms with van der Waals surface area (Å²) in [6.07, 6.45) is 5.72. The van der Waals surface area contributed by atoms with Crippen LogP contribution >= 0.6 is 0 Å². The quantitative estimate of drug-likeness (QED) is 0.227. The summed E-state index contributed by atoms with van der Waals surface area (Å²) in [5.74, 6) is 0.801. The number of hydrogen-bond donors (Lipinski definition) is 2. The van der Waals surface area contributed by atoms with E-state index in [-0.39, 0.29) is 11.8 Å². The van der Waals surface area contributed by atoms with Gasteiger partial charge in [-0.2, -0.15) is 0 Å². The lowest BCUT2D eigenvalue weighted by Crippen LogP contribution is -2.28. The van der Waals surface area contributed by atoms with Crippen LogP contribution in [0.3, 0.4) is 0 Å². The molecule has 37 heavy (non-hydrogen) atoms. The van der Waals surface area contributed by atoms with E-state index < -0.39 is 0 Å². The van der Waals surface area contributed by atoms with Crippen molar-refractivity contribution in [2.24, 2.45) is 5.92 Å². The van der Waals surface area contributed by atoms with Crippen LogP contribution in [0.15, 0.2) is 84.9 Å². The largest absolute Gasteiger partial charge is 0.351 e. The number of unbranched alkanes of at least 4 members (excludes halogenated alkanes) is 1. The van der Waals surface area contributed by atoms with E-state index in [1.54, 1.807) is 0 Å². The van der Waals surface area contributed by atoms with Crippen molar-refractivity contribution in [1.82, 2.24) is 15.2 Å². The zero-order valence-electron chi connectivity index (χ0n) is 22.0. The minimum Gasteiger partial charge on any atom is -0.351 e. The second-order valence-corrected chi connectivity index (χ2v) is 10.3. The molecule has 1 fully saturated rings. The first-order valence-corrected chi connectivity index (χ1v) is 14.0. The van der Waals surface area contributed by atoms with Crippen LogP contribution in [0.2, 0.25) is 0 Å². The van der Waals surface area contributed by atoms with Gasteiger partial charge in [0.1, 0.15) is 5.69 Å². The first-order chi connectivity index (χ1) is 18.3. The van der Waals surface area contributed by atoms with Gasteiger partial charge in [-0.25, -0.2) is 0 Å². The van der Waals surface area contributed by atoms with Crippen LogP contribution in [-0.2, 0) is 6.54 Å². The smallest absolute Gasteiger partial charge is 0.268 e. The topological polar surface area (TPSA) is 46.1 Å². The molecule has 4 nitrogen and oxygen atoms in total. The highest BCUT2D eigenvalue weighted by molar-refractivity contribution is 6.02. The van der Waals surface area contributed by atoms with Crippen molar-refractivity contribution in [2.75, 3.05) is 19.6 Å². The molecule has 1 unspecified atom stereocenters. The lowest BCUT2D eigenvalue weighted by atomic mass is 9.83. The van der Waals surface area contributed by atoms with Crippen LogP contribution in [-0.4, -0.2) is 30.1 Å². The molecule has 1 saturated heterocycles. The number of nitrogens with zero attached hydrogens (tertiary/aromatic N) is 1. The first-order valence-electron chi connectivity index (χ1n) is 14.0. The van der Waals surface area contributed by atoms with Gasteiger partial charge < -0.3 is 15.2 Å². The van der Waals surface area contributed by atoms with Crippen molar-refractivity contribution in [3.05, 3.63) is 107 Å². The molecule has 192 valence electrons. The van der Waals surface area contributed by atoms with E-state index in [4.69, 9.17) is 0 Å². The van der Waals surface area contributed by atoms with Gasteiger partial charge in [-0.1, -0.05) is 92.2 Å². The molecule has 0 spiro atoms. The number of amides is 1. The minimum absolute atomic E-state index is 0.0273. The second-order valence-electron chi connectivity index (χ2n) is 10.3. The SMILES string of the molecule is CCCNC(=O)c1c(C(c2ccccc2)c2ccccc2)c2ccccc2n1CCCCC1CCNC1. The molecule has 2 N–H and O–H groups in total. The molecule has 1 aromatic heterocycles. The average molecular weight is 494 g/mol. The van der Waals surface area contributed by atoms with E-state index in [0.717, 1.165) is 55.2 Å². The number of aromatic nitrogens is 1. The average Bonchev–Trinajstić information content (AvgIpc) is 3.58. The van der Waals surface area contributed by atoms with Gasteiger partial charge in [0.05, 0.1) is 0 Å². The normalized spacial score (nSPS) is 15.5. The van der Waals surface area contributed by atoms with Crippen LogP contribution in [0.25, 0.3) is 10.9 Å². The Morgan fingerprint density at radius 2 is 1.62 bits per heavy atom. The van der Waals surface area contributed by atoms with Gasteiger partial charge in [0.25, 0.3) is 5.91 Å². The maximum Gasteiger partial charge on any atom is 0.268 e. The lowest BCUT2D eigenvalue weighted by Gasteiger charge is -2.21. The molecule has 5 rings (SSSR count). The molecule has 3 aromatic carbocycles. The fraction of sp³-hybridized carbons (Fsp3) is 0.364. The zero-order chi connectivity index (χ0) is 25.5. The summed E-state index contributed by atoms with van der Waals surface area (Å²) in [6.45, 7) is 5.93. The molecule has 0 bridgehead atoms. The summed E-state index contributed by atoms with van der Waals surface area (Å²) in [6, 6.07) is 29.8. The van der Waals surface area contributed by atoms with Crippen molar-refractivity contribution in [2.45, 2.75) is 51.5 Å². The monoisotopic (exact) mass is 493 g/mol. The fourth-order valence-corrected chi connectivity index (χ4v) is 5.90.